The van der Waals surface area contributed by atoms with Crippen molar-refractivity contribution in [3.8, 4) is 5.69 Å². The fraction of sp³-hybridized carbons (Fsp3) is 0.429. The third kappa shape index (κ3) is 3.58. The molecule has 5 heteroatoms. The van der Waals surface area contributed by atoms with E-state index >= 15 is 0 Å². The Morgan fingerprint density at radius 1 is 1.12 bits per heavy atom. The second-order valence-electron chi connectivity index (χ2n) is 7.26. The molecule has 1 N–H and O–H groups in total. The van der Waals surface area contributed by atoms with Gasteiger partial charge in [0.05, 0.1) is 11.7 Å². The first-order chi connectivity index (χ1) is 12.7. The maximum Gasteiger partial charge on any atom is 0.110 e. The van der Waals surface area contributed by atoms with E-state index in [0.717, 1.165) is 23.8 Å². The van der Waals surface area contributed by atoms with Gasteiger partial charge in [-0.2, -0.15) is 5.10 Å². The molecule has 1 aliphatic carbocycles. The Bertz CT molecular complexity index is 839. The zero-order chi connectivity index (χ0) is 17.9. The molecule has 0 saturated heterocycles. The number of benzene rings is 1. The molecule has 0 spiro atoms. The van der Waals surface area contributed by atoms with Gasteiger partial charge in [-0.15, -0.1) is 0 Å². The van der Waals surface area contributed by atoms with Crippen LogP contribution in [0.15, 0.2) is 48.9 Å². The van der Waals surface area contributed by atoms with E-state index in [1.54, 1.807) is 0 Å². The van der Waals surface area contributed by atoms with Crippen LogP contribution in [0.2, 0.25) is 0 Å². The number of rotatable bonds is 6. The molecule has 1 atom stereocenters. The summed E-state index contributed by atoms with van der Waals surface area (Å²) in [5, 5.41) is 8.35. The van der Waals surface area contributed by atoms with Crippen molar-refractivity contribution in [3.63, 3.8) is 0 Å². The highest BCUT2D eigenvalue weighted by molar-refractivity contribution is 5.36. The van der Waals surface area contributed by atoms with Gasteiger partial charge in [0.15, 0.2) is 0 Å². The minimum atomic E-state index is 0.282. The van der Waals surface area contributed by atoms with Crippen LogP contribution in [0.3, 0.4) is 0 Å². The number of nitrogens with zero attached hydrogens (tertiary/aromatic N) is 4. The zero-order valence-electron chi connectivity index (χ0n) is 15.6. The summed E-state index contributed by atoms with van der Waals surface area (Å²) in [5.74, 6) is 1.00. The quantitative estimate of drug-likeness (QED) is 0.720. The molecule has 0 unspecified atom stereocenters. The van der Waals surface area contributed by atoms with E-state index in [2.05, 4.69) is 63.0 Å². The molecule has 1 saturated carbocycles. The SMILES string of the molecule is Cc1nccn1-c1ccc([C@@H](C)NCc2ccn(C3CCCC3)n2)cc1. The zero-order valence-corrected chi connectivity index (χ0v) is 15.6. The lowest BCUT2D eigenvalue weighted by Crippen LogP contribution is -2.18. The third-order valence-electron chi connectivity index (χ3n) is 5.45. The molecule has 4 rings (SSSR count). The molecule has 136 valence electrons. The molecule has 1 aromatic carbocycles. The molecule has 0 amide bonds. The van der Waals surface area contributed by atoms with Crippen molar-refractivity contribution in [1.29, 1.82) is 0 Å². The van der Waals surface area contributed by atoms with E-state index in [-0.39, 0.29) is 6.04 Å². The van der Waals surface area contributed by atoms with Gasteiger partial charge in [0, 0.05) is 36.9 Å². The van der Waals surface area contributed by atoms with E-state index in [1.807, 2.05) is 19.3 Å². The van der Waals surface area contributed by atoms with Gasteiger partial charge in [-0.25, -0.2) is 4.98 Å². The first-order valence-corrected chi connectivity index (χ1v) is 9.58. The van der Waals surface area contributed by atoms with Crippen molar-refractivity contribution in [2.45, 2.75) is 58.2 Å². The number of nitrogens with one attached hydrogen (secondary N) is 1. The summed E-state index contributed by atoms with van der Waals surface area (Å²) in [6.07, 6.45) is 11.2. The van der Waals surface area contributed by atoms with Crippen molar-refractivity contribution in [2.75, 3.05) is 0 Å². The minimum absolute atomic E-state index is 0.282. The summed E-state index contributed by atoms with van der Waals surface area (Å²) in [6.45, 7) is 5.01. The van der Waals surface area contributed by atoms with Gasteiger partial charge in [-0.3, -0.25) is 4.68 Å². The van der Waals surface area contributed by atoms with Gasteiger partial charge in [-0.1, -0.05) is 25.0 Å². The second kappa shape index (κ2) is 7.46. The third-order valence-corrected chi connectivity index (χ3v) is 5.45. The van der Waals surface area contributed by atoms with Crippen molar-refractivity contribution < 1.29 is 0 Å². The molecule has 5 nitrogen and oxygen atoms in total. The molecule has 1 fully saturated rings. The second-order valence-corrected chi connectivity index (χ2v) is 7.26. The van der Waals surface area contributed by atoms with Crippen LogP contribution in [0.5, 0.6) is 0 Å². The summed E-state index contributed by atoms with van der Waals surface area (Å²) < 4.78 is 4.26. The fourth-order valence-corrected chi connectivity index (χ4v) is 3.79. The lowest BCUT2D eigenvalue weighted by molar-refractivity contribution is 0.458. The van der Waals surface area contributed by atoms with Crippen LogP contribution in [-0.4, -0.2) is 19.3 Å². The lowest BCUT2D eigenvalue weighted by atomic mass is 10.1. The highest BCUT2D eigenvalue weighted by atomic mass is 15.3. The van der Waals surface area contributed by atoms with Crippen LogP contribution < -0.4 is 5.32 Å². The standard InChI is InChI=1S/C21H27N5/c1-16(18-7-9-20(10-8-18)25-14-12-22-17(25)2)23-15-19-11-13-26(24-19)21-5-3-4-6-21/h7-14,16,21,23H,3-6,15H2,1-2H3/t16-/m1/s1. The van der Waals surface area contributed by atoms with Gasteiger partial charge < -0.3 is 9.88 Å². The van der Waals surface area contributed by atoms with Crippen LogP contribution in [0, 0.1) is 6.92 Å². The molecule has 0 radical (unpaired) electrons. The summed E-state index contributed by atoms with van der Waals surface area (Å²) in [7, 11) is 0. The topological polar surface area (TPSA) is 47.7 Å². The maximum absolute atomic E-state index is 4.76. The van der Waals surface area contributed by atoms with Crippen LogP contribution in [-0.2, 0) is 6.54 Å². The highest BCUT2D eigenvalue weighted by Gasteiger charge is 2.17. The van der Waals surface area contributed by atoms with E-state index in [1.165, 1.54) is 31.2 Å². The monoisotopic (exact) mass is 349 g/mol. The smallest absolute Gasteiger partial charge is 0.110 e. The summed E-state index contributed by atoms with van der Waals surface area (Å²) in [5.41, 5.74) is 3.54. The average Bonchev–Trinajstić information content (AvgIpc) is 3.41. The Kier molecular flexibility index (Phi) is 4.89. The Morgan fingerprint density at radius 3 is 2.58 bits per heavy atom. The molecule has 0 bridgehead atoms. The van der Waals surface area contributed by atoms with Crippen molar-refractivity contribution >= 4 is 0 Å². The number of aryl methyl sites for hydroxylation is 1. The molecule has 0 aliphatic heterocycles. The van der Waals surface area contributed by atoms with Gasteiger partial charge in [0.2, 0.25) is 0 Å². The van der Waals surface area contributed by atoms with Crippen LogP contribution >= 0.6 is 0 Å². The molecule has 3 aromatic rings. The molecule has 26 heavy (non-hydrogen) atoms. The van der Waals surface area contributed by atoms with E-state index < -0.39 is 0 Å². The largest absolute Gasteiger partial charge is 0.304 e. The Balaban J connectivity index is 1.36. The van der Waals surface area contributed by atoms with Crippen LogP contribution in [0.1, 0.15) is 61.8 Å². The van der Waals surface area contributed by atoms with E-state index in [4.69, 9.17) is 5.10 Å². The summed E-state index contributed by atoms with van der Waals surface area (Å²) >= 11 is 0. The van der Waals surface area contributed by atoms with Crippen LogP contribution in [0.4, 0.5) is 0 Å². The first-order valence-electron chi connectivity index (χ1n) is 9.58. The minimum Gasteiger partial charge on any atom is -0.304 e. The highest BCUT2D eigenvalue weighted by Crippen LogP contribution is 2.28. The van der Waals surface area contributed by atoms with Gasteiger partial charge in [-0.05, 0) is 50.5 Å². The maximum atomic E-state index is 4.76. The predicted molar refractivity (Wildman–Crippen MR) is 103 cm³/mol. The molecule has 2 aromatic heterocycles. The van der Waals surface area contributed by atoms with Crippen molar-refractivity contribution in [3.05, 3.63) is 66.0 Å². The Labute approximate surface area is 155 Å². The number of hydrogen-bond acceptors (Lipinski definition) is 3. The summed E-state index contributed by atoms with van der Waals surface area (Å²) in [6, 6.07) is 11.7. The molecule has 2 heterocycles. The van der Waals surface area contributed by atoms with E-state index in [9.17, 15) is 0 Å². The molecular weight excluding hydrogens is 322 g/mol. The lowest BCUT2D eigenvalue weighted by Gasteiger charge is -2.15. The van der Waals surface area contributed by atoms with Crippen LogP contribution in [0.25, 0.3) is 5.69 Å². The predicted octanol–water partition coefficient (Wildman–Crippen LogP) is 4.34. The van der Waals surface area contributed by atoms with Crippen molar-refractivity contribution in [1.82, 2.24) is 24.6 Å². The Morgan fingerprint density at radius 2 is 1.88 bits per heavy atom. The fourth-order valence-electron chi connectivity index (χ4n) is 3.79. The number of imidazole rings is 1. The first kappa shape index (κ1) is 17.0. The average molecular weight is 349 g/mol. The molecular formula is C21H27N5. The van der Waals surface area contributed by atoms with Gasteiger partial charge in [0.1, 0.15) is 5.82 Å². The van der Waals surface area contributed by atoms with Gasteiger partial charge >= 0.3 is 0 Å². The Hall–Kier alpha value is -2.40. The van der Waals surface area contributed by atoms with Crippen molar-refractivity contribution in [2.24, 2.45) is 0 Å². The number of hydrogen-bond donors (Lipinski definition) is 1. The number of aromatic nitrogens is 4. The van der Waals surface area contributed by atoms with E-state index in [0.29, 0.717) is 6.04 Å². The van der Waals surface area contributed by atoms with Gasteiger partial charge in [0.25, 0.3) is 0 Å². The summed E-state index contributed by atoms with van der Waals surface area (Å²) in [4.78, 5) is 4.29. The molecule has 1 aliphatic rings. The normalized spacial score (nSPS) is 16.2.